The number of ether oxygens (including phenoxy) is 2. The van der Waals surface area contributed by atoms with Crippen molar-refractivity contribution in [2.75, 3.05) is 20.3 Å². The third-order valence-electron chi connectivity index (χ3n) is 5.42. The van der Waals surface area contributed by atoms with Gasteiger partial charge in [-0.05, 0) is 36.4 Å². The Morgan fingerprint density at radius 3 is 2.94 bits per heavy atom. The van der Waals surface area contributed by atoms with E-state index in [2.05, 4.69) is 20.0 Å². The van der Waals surface area contributed by atoms with Crippen LogP contribution in [-0.4, -0.2) is 42.1 Å². The molecule has 9 nitrogen and oxygen atoms in total. The first-order chi connectivity index (χ1) is 15.4. The molecule has 0 N–H and O–H groups in total. The zero-order valence-electron chi connectivity index (χ0n) is 17.3. The molecule has 1 aromatic carbocycles. The molecule has 0 spiro atoms. The summed E-state index contributed by atoms with van der Waals surface area (Å²) in [4.78, 5) is 24.4. The fourth-order valence-electron chi connectivity index (χ4n) is 3.73. The van der Waals surface area contributed by atoms with E-state index in [4.69, 9.17) is 19.4 Å². The maximum absolute atomic E-state index is 14.6. The molecule has 0 aliphatic carbocycles. The van der Waals surface area contributed by atoms with Crippen molar-refractivity contribution >= 4 is 16.9 Å². The molecule has 0 radical (unpaired) electrons. The topological polar surface area (TPSA) is 123 Å². The first-order valence-electron chi connectivity index (χ1n) is 9.87. The van der Waals surface area contributed by atoms with Crippen molar-refractivity contribution in [2.24, 2.45) is 11.0 Å². The Hall–Kier alpha value is -3.56. The van der Waals surface area contributed by atoms with E-state index in [9.17, 15) is 13.6 Å². The highest BCUT2D eigenvalue weighted by molar-refractivity contribution is 6.09. The standard InChI is InChI=1S/C21H19F2N5O4/c1-10-5-14(30-2)20(23)18(19(10)22)21(29)15-7-13-16(32-15)8-25-17(26-13)6-11-9-31-4-3-12(11)27-28-24/h5,7-8,11-12H,3-4,6,9H2,1-2H3/t11-,12+/m1/s1. The molecule has 11 heteroatoms. The van der Waals surface area contributed by atoms with E-state index in [0.29, 0.717) is 37.4 Å². The molecule has 4 rings (SSSR count). The van der Waals surface area contributed by atoms with Crippen molar-refractivity contribution in [3.05, 3.63) is 63.1 Å². The summed E-state index contributed by atoms with van der Waals surface area (Å²) in [7, 11) is 1.23. The Balaban J connectivity index is 1.65. The lowest BCUT2D eigenvalue weighted by atomic mass is 9.93. The van der Waals surface area contributed by atoms with E-state index < -0.39 is 23.0 Å². The van der Waals surface area contributed by atoms with Gasteiger partial charge in [-0.3, -0.25) is 4.79 Å². The van der Waals surface area contributed by atoms with E-state index in [1.807, 2.05) is 0 Å². The van der Waals surface area contributed by atoms with Crippen LogP contribution >= 0.6 is 0 Å². The van der Waals surface area contributed by atoms with Crippen LogP contribution in [0.2, 0.25) is 0 Å². The largest absolute Gasteiger partial charge is 0.494 e. The second kappa shape index (κ2) is 8.89. The number of halogens is 2. The van der Waals surface area contributed by atoms with E-state index in [0.717, 1.165) is 0 Å². The Morgan fingerprint density at radius 2 is 2.19 bits per heavy atom. The van der Waals surface area contributed by atoms with Crippen LogP contribution in [0.3, 0.4) is 0 Å². The summed E-state index contributed by atoms with van der Waals surface area (Å²) >= 11 is 0. The zero-order chi connectivity index (χ0) is 22.8. The summed E-state index contributed by atoms with van der Waals surface area (Å²) in [5.74, 6) is -3.21. The molecule has 1 fully saturated rings. The molecule has 1 aliphatic heterocycles. The van der Waals surface area contributed by atoms with Gasteiger partial charge in [0.15, 0.2) is 22.9 Å². The van der Waals surface area contributed by atoms with Crippen LogP contribution in [0, 0.1) is 24.5 Å². The van der Waals surface area contributed by atoms with Gasteiger partial charge in [-0.2, -0.15) is 0 Å². The van der Waals surface area contributed by atoms with Gasteiger partial charge in [-0.1, -0.05) is 5.11 Å². The van der Waals surface area contributed by atoms with Gasteiger partial charge >= 0.3 is 0 Å². The molecule has 0 bridgehead atoms. The number of rotatable bonds is 6. The van der Waals surface area contributed by atoms with Gasteiger partial charge in [-0.15, -0.1) is 0 Å². The molecule has 1 aliphatic rings. The van der Waals surface area contributed by atoms with Crippen LogP contribution in [0.15, 0.2) is 27.9 Å². The number of benzene rings is 1. The molecular formula is C21H19F2N5O4. The Morgan fingerprint density at radius 1 is 1.38 bits per heavy atom. The number of aromatic nitrogens is 2. The van der Waals surface area contributed by atoms with Gasteiger partial charge in [0.05, 0.1) is 19.9 Å². The van der Waals surface area contributed by atoms with Crippen molar-refractivity contribution in [3.8, 4) is 5.75 Å². The minimum absolute atomic E-state index is 0.0640. The average Bonchev–Trinajstić information content (AvgIpc) is 3.21. The Labute approximate surface area is 181 Å². The number of carbonyl (C=O) groups is 1. The van der Waals surface area contributed by atoms with Crippen LogP contribution in [0.5, 0.6) is 5.75 Å². The quantitative estimate of drug-likeness (QED) is 0.242. The number of methoxy groups -OCH3 is 1. The Kier molecular flexibility index (Phi) is 6.02. The lowest BCUT2D eigenvalue weighted by Crippen LogP contribution is -2.32. The highest BCUT2D eigenvalue weighted by Crippen LogP contribution is 2.30. The third kappa shape index (κ3) is 4.00. The maximum atomic E-state index is 14.6. The number of hydrogen-bond acceptors (Lipinski definition) is 7. The summed E-state index contributed by atoms with van der Waals surface area (Å²) in [6.07, 6.45) is 2.40. The van der Waals surface area contributed by atoms with E-state index in [1.165, 1.54) is 32.4 Å². The van der Waals surface area contributed by atoms with Gasteiger partial charge < -0.3 is 13.9 Å². The van der Waals surface area contributed by atoms with Crippen LogP contribution in [0.4, 0.5) is 8.78 Å². The average molecular weight is 443 g/mol. The lowest BCUT2D eigenvalue weighted by molar-refractivity contribution is 0.0416. The number of ketones is 1. The number of fused-ring (bicyclic) bond motifs is 1. The predicted molar refractivity (Wildman–Crippen MR) is 108 cm³/mol. The molecule has 0 saturated carbocycles. The summed E-state index contributed by atoms with van der Waals surface area (Å²) in [6.45, 7) is 2.33. The smallest absolute Gasteiger partial charge is 0.234 e. The van der Waals surface area contributed by atoms with E-state index in [-0.39, 0.29) is 34.6 Å². The van der Waals surface area contributed by atoms with Gasteiger partial charge in [0.1, 0.15) is 22.7 Å². The minimum atomic E-state index is -1.10. The van der Waals surface area contributed by atoms with Crippen molar-refractivity contribution in [1.29, 1.82) is 0 Å². The summed E-state index contributed by atoms with van der Waals surface area (Å²) in [5.41, 5.74) is 8.58. The van der Waals surface area contributed by atoms with Crippen molar-refractivity contribution in [2.45, 2.75) is 25.8 Å². The third-order valence-corrected chi connectivity index (χ3v) is 5.42. The summed E-state index contributed by atoms with van der Waals surface area (Å²) in [6, 6.07) is 2.27. The van der Waals surface area contributed by atoms with Gasteiger partial charge in [-0.25, -0.2) is 18.7 Å². The highest BCUT2D eigenvalue weighted by Gasteiger charge is 2.28. The van der Waals surface area contributed by atoms with Crippen molar-refractivity contribution in [3.63, 3.8) is 0 Å². The molecule has 2 atom stereocenters. The molecule has 3 heterocycles. The molecule has 2 aromatic heterocycles. The van der Waals surface area contributed by atoms with Gasteiger partial charge in [0.2, 0.25) is 5.78 Å². The van der Waals surface area contributed by atoms with Gasteiger partial charge in [0, 0.05) is 30.0 Å². The second-order valence-corrected chi connectivity index (χ2v) is 7.47. The van der Waals surface area contributed by atoms with Crippen LogP contribution < -0.4 is 4.74 Å². The summed E-state index contributed by atoms with van der Waals surface area (Å²) in [5, 5.41) is 3.82. The number of hydrogen-bond donors (Lipinski definition) is 0. The number of azide groups is 1. The lowest BCUT2D eigenvalue weighted by Gasteiger charge is -2.27. The van der Waals surface area contributed by atoms with E-state index in [1.54, 1.807) is 0 Å². The van der Waals surface area contributed by atoms with Crippen LogP contribution in [0.1, 0.15) is 33.9 Å². The monoisotopic (exact) mass is 443 g/mol. The molecule has 0 amide bonds. The number of aryl methyl sites for hydroxylation is 1. The molecule has 1 saturated heterocycles. The zero-order valence-corrected chi connectivity index (χ0v) is 17.3. The molecular weight excluding hydrogens is 424 g/mol. The normalized spacial score (nSPS) is 18.4. The SMILES string of the molecule is COc1cc(C)c(F)c(C(=O)c2cc3nc(C[C@@H]4COCC[C@@H]4N=[N+]=[N-])ncc3o2)c1F. The molecule has 32 heavy (non-hydrogen) atoms. The first kappa shape index (κ1) is 21.7. The number of furan rings is 1. The van der Waals surface area contributed by atoms with Crippen LogP contribution in [-0.2, 0) is 11.2 Å². The van der Waals surface area contributed by atoms with Crippen molar-refractivity contribution in [1.82, 2.24) is 9.97 Å². The van der Waals surface area contributed by atoms with Gasteiger partial charge in [0.25, 0.3) is 0 Å². The predicted octanol–water partition coefficient (Wildman–Crippen LogP) is 4.31. The van der Waals surface area contributed by atoms with E-state index >= 15 is 0 Å². The van der Waals surface area contributed by atoms with Crippen molar-refractivity contribution < 1.29 is 27.5 Å². The maximum Gasteiger partial charge on any atom is 0.234 e. The fraction of sp³-hybridized carbons (Fsp3) is 0.381. The fourth-order valence-corrected chi connectivity index (χ4v) is 3.73. The molecule has 166 valence electrons. The molecule has 0 unspecified atom stereocenters. The highest BCUT2D eigenvalue weighted by atomic mass is 19.1. The number of nitrogens with zero attached hydrogens (tertiary/aromatic N) is 5. The summed E-state index contributed by atoms with van der Waals surface area (Å²) < 4.78 is 45.0. The number of carbonyl (C=O) groups excluding carboxylic acids is 1. The minimum Gasteiger partial charge on any atom is -0.494 e. The first-order valence-corrected chi connectivity index (χ1v) is 9.87. The Bertz CT molecular complexity index is 1240. The molecule has 3 aromatic rings. The second-order valence-electron chi connectivity index (χ2n) is 7.47. The van der Waals surface area contributed by atoms with Crippen LogP contribution in [0.25, 0.3) is 21.5 Å².